The number of nitrogens with zero attached hydrogens (tertiary/aromatic N) is 1. The molecule has 1 N–H and O–H groups in total. The van der Waals surface area contributed by atoms with Crippen LogP contribution in [0.3, 0.4) is 0 Å². The number of aliphatic hydroxyl groups excluding tert-OH is 1. The summed E-state index contributed by atoms with van der Waals surface area (Å²) < 4.78 is 5.15. The molecule has 0 aromatic carbocycles. The summed E-state index contributed by atoms with van der Waals surface area (Å²) in [5, 5.41) is 9.56. The topological polar surface area (TPSA) is 49.8 Å². The van der Waals surface area contributed by atoms with Crippen molar-refractivity contribution in [2.45, 2.75) is 45.1 Å². The van der Waals surface area contributed by atoms with Crippen molar-refractivity contribution in [2.24, 2.45) is 0 Å². The average Bonchev–Trinajstić information content (AvgIpc) is 2.71. The van der Waals surface area contributed by atoms with Gasteiger partial charge in [0.05, 0.1) is 12.1 Å². The van der Waals surface area contributed by atoms with Crippen LogP contribution in [0, 0.1) is 0 Å². The van der Waals surface area contributed by atoms with Gasteiger partial charge < -0.3 is 14.7 Å². The predicted molar refractivity (Wildman–Crippen MR) is 62.2 cm³/mol. The molecular formula is C12H23NO3. The third-order valence-corrected chi connectivity index (χ3v) is 3.34. The monoisotopic (exact) mass is 229 g/mol. The average molecular weight is 229 g/mol. The lowest BCUT2D eigenvalue weighted by molar-refractivity contribution is -0.142. The Hall–Kier alpha value is -0.610. The summed E-state index contributed by atoms with van der Waals surface area (Å²) >= 11 is 0. The Morgan fingerprint density at radius 2 is 2.25 bits per heavy atom. The molecule has 0 aliphatic carbocycles. The van der Waals surface area contributed by atoms with E-state index in [1.807, 2.05) is 11.8 Å². The molecule has 1 heterocycles. The number of carbonyl (C=O) groups excluding carboxylic acids is 1. The van der Waals surface area contributed by atoms with Crippen LogP contribution >= 0.6 is 0 Å². The van der Waals surface area contributed by atoms with Crippen molar-refractivity contribution in [2.75, 3.05) is 26.4 Å². The first kappa shape index (κ1) is 13.5. The van der Waals surface area contributed by atoms with Gasteiger partial charge in [0.25, 0.3) is 0 Å². The highest BCUT2D eigenvalue weighted by molar-refractivity contribution is 5.78. The van der Waals surface area contributed by atoms with Crippen LogP contribution in [0.4, 0.5) is 0 Å². The van der Waals surface area contributed by atoms with E-state index in [2.05, 4.69) is 6.92 Å². The number of aliphatic hydroxyl groups is 1. The first-order valence-corrected chi connectivity index (χ1v) is 6.19. The minimum atomic E-state index is -0.317. The van der Waals surface area contributed by atoms with Gasteiger partial charge in [-0.2, -0.15) is 0 Å². The van der Waals surface area contributed by atoms with Crippen molar-refractivity contribution in [3.63, 3.8) is 0 Å². The number of amides is 1. The van der Waals surface area contributed by atoms with E-state index < -0.39 is 0 Å². The molecule has 0 aromatic heterocycles. The molecule has 0 saturated carbocycles. The molecule has 4 nitrogen and oxygen atoms in total. The molecule has 16 heavy (non-hydrogen) atoms. The van der Waals surface area contributed by atoms with Crippen molar-refractivity contribution in [3.8, 4) is 0 Å². The van der Waals surface area contributed by atoms with Crippen LogP contribution < -0.4 is 0 Å². The van der Waals surface area contributed by atoms with Gasteiger partial charge >= 0.3 is 0 Å². The van der Waals surface area contributed by atoms with E-state index in [9.17, 15) is 9.90 Å². The number of hydrogen-bond donors (Lipinski definition) is 1. The van der Waals surface area contributed by atoms with Crippen LogP contribution in [0.15, 0.2) is 0 Å². The molecule has 1 atom stereocenters. The van der Waals surface area contributed by atoms with Gasteiger partial charge in [0.15, 0.2) is 0 Å². The molecule has 1 amide bonds. The molecular weight excluding hydrogens is 206 g/mol. The Morgan fingerprint density at radius 1 is 1.50 bits per heavy atom. The zero-order valence-electron chi connectivity index (χ0n) is 10.4. The molecule has 1 rings (SSSR count). The number of rotatable bonds is 6. The van der Waals surface area contributed by atoms with E-state index >= 15 is 0 Å². The third kappa shape index (κ3) is 2.74. The van der Waals surface area contributed by atoms with Crippen LogP contribution in [0.5, 0.6) is 0 Å². The minimum absolute atomic E-state index is 0.0156. The molecule has 0 radical (unpaired) electrons. The predicted octanol–water partition coefficient (Wildman–Crippen LogP) is 1.18. The highest BCUT2D eigenvalue weighted by Crippen LogP contribution is 2.33. The lowest BCUT2D eigenvalue weighted by Gasteiger charge is -2.37. The summed E-state index contributed by atoms with van der Waals surface area (Å²) in [6.07, 6.45) is 3.76. The van der Waals surface area contributed by atoms with Gasteiger partial charge in [0.1, 0.15) is 6.61 Å². The molecule has 0 unspecified atom stereocenters. The quantitative estimate of drug-likeness (QED) is 0.744. The molecule has 0 spiro atoms. The van der Waals surface area contributed by atoms with E-state index in [1.165, 1.54) is 0 Å². The fourth-order valence-electron chi connectivity index (χ4n) is 2.56. The van der Waals surface area contributed by atoms with Crippen LogP contribution in [-0.4, -0.2) is 47.8 Å². The summed E-state index contributed by atoms with van der Waals surface area (Å²) in [6.45, 7) is 5.48. The largest absolute Gasteiger partial charge is 0.394 e. The number of hydrogen-bond acceptors (Lipinski definition) is 3. The van der Waals surface area contributed by atoms with Crippen LogP contribution in [0.25, 0.3) is 0 Å². The molecule has 0 aromatic rings. The van der Waals surface area contributed by atoms with Gasteiger partial charge in [-0.15, -0.1) is 0 Å². The molecule has 4 heteroatoms. The van der Waals surface area contributed by atoms with Crippen molar-refractivity contribution in [1.29, 1.82) is 0 Å². The lowest BCUT2D eigenvalue weighted by atomic mass is 9.91. The summed E-state index contributed by atoms with van der Waals surface area (Å²) in [5.74, 6) is 0.0156. The van der Waals surface area contributed by atoms with Gasteiger partial charge in [0.2, 0.25) is 5.91 Å². The van der Waals surface area contributed by atoms with Crippen LogP contribution in [0.2, 0.25) is 0 Å². The molecule has 1 fully saturated rings. The van der Waals surface area contributed by atoms with Gasteiger partial charge in [-0.05, 0) is 26.2 Å². The SMILES string of the molecule is CCC[C@]1(CO)CCCN1C(=O)COCC. The Morgan fingerprint density at radius 3 is 2.81 bits per heavy atom. The standard InChI is InChI=1S/C12H23NO3/c1-3-6-12(10-14)7-5-8-13(12)11(15)9-16-4-2/h14H,3-10H2,1-2H3/t12-/m1/s1. The van der Waals surface area contributed by atoms with Gasteiger partial charge in [0, 0.05) is 13.2 Å². The Kier molecular flexibility index (Phi) is 5.22. The van der Waals surface area contributed by atoms with Crippen molar-refractivity contribution >= 4 is 5.91 Å². The van der Waals surface area contributed by atoms with E-state index in [1.54, 1.807) is 0 Å². The minimum Gasteiger partial charge on any atom is -0.394 e. The fraction of sp³-hybridized carbons (Fsp3) is 0.917. The molecule has 1 aliphatic rings. The maximum atomic E-state index is 11.9. The maximum Gasteiger partial charge on any atom is 0.249 e. The van der Waals surface area contributed by atoms with Crippen molar-refractivity contribution < 1.29 is 14.6 Å². The lowest BCUT2D eigenvalue weighted by Crippen LogP contribution is -2.51. The summed E-state index contributed by atoms with van der Waals surface area (Å²) in [4.78, 5) is 13.8. The van der Waals surface area contributed by atoms with Crippen molar-refractivity contribution in [1.82, 2.24) is 4.90 Å². The zero-order valence-corrected chi connectivity index (χ0v) is 10.4. The van der Waals surface area contributed by atoms with Gasteiger partial charge in [-0.3, -0.25) is 4.79 Å². The Bertz CT molecular complexity index is 232. The summed E-state index contributed by atoms with van der Waals surface area (Å²) in [7, 11) is 0. The first-order valence-electron chi connectivity index (χ1n) is 6.19. The molecule has 94 valence electrons. The highest BCUT2D eigenvalue weighted by Gasteiger charge is 2.42. The Labute approximate surface area is 97.6 Å². The van der Waals surface area contributed by atoms with E-state index in [-0.39, 0.29) is 24.7 Å². The third-order valence-electron chi connectivity index (χ3n) is 3.34. The fourth-order valence-corrected chi connectivity index (χ4v) is 2.56. The van der Waals surface area contributed by atoms with Crippen LogP contribution in [-0.2, 0) is 9.53 Å². The zero-order chi connectivity index (χ0) is 12.0. The second kappa shape index (κ2) is 6.21. The highest BCUT2D eigenvalue weighted by atomic mass is 16.5. The first-order chi connectivity index (χ1) is 7.70. The Balaban J connectivity index is 2.65. The van der Waals surface area contributed by atoms with Gasteiger partial charge in [-0.1, -0.05) is 13.3 Å². The number of likely N-dealkylation sites (tertiary alicyclic amines) is 1. The second-order valence-corrected chi connectivity index (χ2v) is 4.42. The van der Waals surface area contributed by atoms with Crippen molar-refractivity contribution in [3.05, 3.63) is 0 Å². The number of carbonyl (C=O) groups is 1. The summed E-state index contributed by atoms with van der Waals surface area (Å²) in [5.41, 5.74) is -0.317. The number of ether oxygens (including phenoxy) is 1. The van der Waals surface area contributed by atoms with E-state index in [0.29, 0.717) is 6.61 Å². The molecule has 0 bridgehead atoms. The maximum absolute atomic E-state index is 11.9. The molecule has 1 saturated heterocycles. The van der Waals surface area contributed by atoms with Crippen LogP contribution in [0.1, 0.15) is 39.5 Å². The summed E-state index contributed by atoms with van der Waals surface area (Å²) in [6, 6.07) is 0. The molecule has 1 aliphatic heterocycles. The van der Waals surface area contributed by atoms with Gasteiger partial charge in [-0.25, -0.2) is 0 Å². The van der Waals surface area contributed by atoms with E-state index in [4.69, 9.17) is 4.74 Å². The normalized spacial score (nSPS) is 25.1. The second-order valence-electron chi connectivity index (χ2n) is 4.42. The smallest absolute Gasteiger partial charge is 0.249 e. The van der Waals surface area contributed by atoms with E-state index in [0.717, 1.165) is 32.2 Å².